The largest absolute Gasteiger partial charge is 0.478 e. The van der Waals surface area contributed by atoms with Crippen molar-refractivity contribution in [1.82, 2.24) is 5.32 Å². The van der Waals surface area contributed by atoms with Crippen molar-refractivity contribution in [3.05, 3.63) is 28.8 Å². The molecular formula is C11H12ClNO5S. The maximum Gasteiger partial charge on any atom is 0.335 e. The van der Waals surface area contributed by atoms with Crippen molar-refractivity contribution in [3.63, 3.8) is 0 Å². The number of halogens is 1. The van der Waals surface area contributed by atoms with Crippen molar-refractivity contribution in [1.29, 1.82) is 0 Å². The number of carbonyl (C=O) groups is 2. The minimum absolute atomic E-state index is 0.116. The molecule has 0 unspecified atom stereocenters. The number of hydrogen-bond acceptors (Lipinski definition) is 4. The first-order valence-electron chi connectivity index (χ1n) is 5.30. The molecule has 0 atom stereocenters. The second kappa shape index (κ2) is 6.03. The Kier molecular flexibility index (Phi) is 4.90. The Morgan fingerprint density at radius 3 is 2.53 bits per heavy atom. The van der Waals surface area contributed by atoms with Gasteiger partial charge in [-0.25, -0.2) is 13.2 Å². The molecule has 0 heterocycles. The van der Waals surface area contributed by atoms with Crippen LogP contribution in [-0.2, 0) is 14.6 Å². The summed E-state index contributed by atoms with van der Waals surface area (Å²) in [6, 6.07) is 3.31. The number of amides is 1. The Hall–Kier alpha value is -1.60. The van der Waals surface area contributed by atoms with Gasteiger partial charge in [-0.2, -0.15) is 0 Å². The second-order valence-electron chi connectivity index (χ2n) is 3.66. The van der Waals surface area contributed by atoms with Gasteiger partial charge in [0.15, 0.2) is 9.84 Å². The molecular weight excluding hydrogens is 294 g/mol. The molecule has 0 bridgehead atoms. The quantitative estimate of drug-likeness (QED) is 0.843. The molecule has 1 rings (SSSR count). The van der Waals surface area contributed by atoms with Crippen LogP contribution in [0.5, 0.6) is 0 Å². The average molecular weight is 306 g/mol. The Morgan fingerprint density at radius 1 is 1.37 bits per heavy atom. The molecule has 1 aromatic rings. The number of carboxylic acids is 1. The van der Waals surface area contributed by atoms with Crippen molar-refractivity contribution < 1.29 is 23.1 Å². The van der Waals surface area contributed by atoms with Crippen LogP contribution < -0.4 is 5.32 Å². The Labute approximate surface area is 115 Å². The first-order valence-corrected chi connectivity index (χ1v) is 7.33. The summed E-state index contributed by atoms with van der Waals surface area (Å²) in [5.74, 6) is -2.71. The van der Waals surface area contributed by atoms with E-state index < -0.39 is 27.5 Å². The van der Waals surface area contributed by atoms with Crippen LogP contribution in [0.4, 0.5) is 0 Å². The van der Waals surface area contributed by atoms with Gasteiger partial charge in [-0.05, 0) is 25.1 Å². The number of nitrogens with one attached hydrogen (secondary N) is 1. The normalized spacial score (nSPS) is 11.1. The predicted octanol–water partition coefficient (Wildman–Crippen LogP) is 0.948. The van der Waals surface area contributed by atoms with Gasteiger partial charge in [-0.3, -0.25) is 4.79 Å². The standard InChI is InChI=1S/C11H12ClNO5S/c1-2-13-10(14)6-19(17,18)9-5-7(11(15)16)3-4-8(9)12/h3-5H,2,6H2,1H3,(H,13,14)(H,15,16). The molecule has 0 radical (unpaired) electrons. The fourth-order valence-corrected chi connectivity index (χ4v) is 3.12. The van der Waals surface area contributed by atoms with E-state index in [0.717, 1.165) is 6.07 Å². The number of rotatable bonds is 5. The van der Waals surface area contributed by atoms with E-state index in [9.17, 15) is 18.0 Å². The van der Waals surface area contributed by atoms with E-state index in [4.69, 9.17) is 16.7 Å². The van der Waals surface area contributed by atoms with E-state index >= 15 is 0 Å². The SMILES string of the molecule is CCNC(=O)CS(=O)(=O)c1cc(C(=O)O)ccc1Cl. The van der Waals surface area contributed by atoms with Crippen molar-refractivity contribution in [2.24, 2.45) is 0 Å². The van der Waals surface area contributed by atoms with Gasteiger partial charge in [0, 0.05) is 6.54 Å². The van der Waals surface area contributed by atoms with Crippen molar-refractivity contribution >= 4 is 33.3 Å². The zero-order valence-electron chi connectivity index (χ0n) is 10.0. The number of sulfone groups is 1. The number of carbonyl (C=O) groups excluding carboxylic acids is 1. The summed E-state index contributed by atoms with van der Waals surface area (Å²) in [7, 11) is -3.98. The van der Waals surface area contributed by atoms with Gasteiger partial charge in [0.05, 0.1) is 15.5 Å². The van der Waals surface area contributed by atoms with E-state index in [1.165, 1.54) is 12.1 Å². The Balaban J connectivity index is 3.17. The molecule has 1 aromatic carbocycles. The summed E-state index contributed by atoms with van der Waals surface area (Å²) in [6.07, 6.45) is 0. The fraction of sp³-hybridized carbons (Fsp3) is 0.273. The highest BCUT2D eigenvalue weighted by Gasteiger charge is 2.23. The molecule has 0 aliphatic carbocycles. The molecule has 8 heteroatoms. The summed E-state index contributed by atoms with van der Waals surface area (Å²) in [5.41, 5.74) is -0.209. The van der Waals surface area contributed by atoms with E-state index in [-0.39, 0.29) is 15.5 Å². The summed E-state index contributed by atoms with van der Waals surface area (Å²) in [6.45, 7) is 1.96. The van der Waals surface area contributed by atoms with Crippen LogP contribution in [0.25, 0.3) is 0 Å². The van der Waals surface area contributed by atoms with Crippen LogP contribution in [-0.4, -0.2) is 37.7 Å². The lowest BCUT2D eigenvalue weighted by Crippen LogP contribution is -2.30. The number of carboxylic acid groups (broad SMARTS) is 1. The lowest BCUT2D eigenvalue weighted by Gasteiger charge is -2.07. The fourth-order valence-electron chi connectivity index (χ4n) is 1.37. The lowest BCUT2D eigenvalue weighted by atomic mass is 10.2. The smallest absolute Gasteiger partial charge is 0.335 e. The first kappa shape index (κ1) is 15.5. The molecule has 19 heavy (non-hydrogen) atoms. The summed E-state index contributed by atoms with van der Waals surface area (Å²) >= 11 is 5.74. The molecule has 1 amide bonds. The second-order valence-corrected chi connectivity index (χ2v) is 6.03. The van der Waals surface area contributed by atoms with Gasteiger partial charge in [0.25, 0.3) is 0 Å². The van der Waals surface area contributed by atoms with Crippen LogP contribution in [0.2, 0.25) is 5.02 Å². The third kappa shape index (κ3) is 3.93. The molecule has 6 nitrogen and oxygen atoms in total. The van der Waals surface area contributed by atoms with E-state index in [2.05, 4.69) is 5.32 Å². The number of benzene rings is 1. The highest BCUT2D eigenvalue weighted by atomic mass is 35.5. The van der Waals surface area contributed by atoms with Crippen molar-refractivity contribution in [2.75, 3.05) is 12.3 Å². The van der Waals surface area contributed by atoms with Gasteiger partial charge >= 0.3 is 5.97 Å². The summed E-state index contributed by atoms with van der Waals surface area (Å²) < 4.78 is 23.9. The van der Waals surface area contributed by atoms with E-state index in [1.54, 1.807) is 6.92 Å². The average Bonchev–Trinajstić information content (AvgIpc) is 2.28. The zero-order valence-corrected chi connectivity index (χ0v) is 11.6. The highest BCUT2D eigenvalue weighted by molar-refractivity contribution is 7.92. The number of hydrogen-bond donors (Lipinski definition) is 2. The lowest BCUT2D eigenvalue weighted by molar-refractivity contribution is -0.118. The van der Waals surface area contributed by atoms with Gasteiger partial charge in [0.2, 0.25) is 5.91 Å². The molecule has 0 fully saturated rings. The Morgan fingerprint density at radius 2 is 2.00 bits per heavy atom. The molecule has 0 aliphatic rings. The van der Waals surface area contributed by atoms with Gasteiger partial charge in [0.1, 0.15) is 5.75 Å². The monoisotopic (exact) mass is 305 g/mol. The van der Waals surface area contributed by atoms with Gasteiger partial charge in [-0.15, -0.1) is 0 Å². The van der Waals surface area contributed by atoms with Crippen LogP contribution in [0.15, 0.2) is 23.1 Å². The van der Waals surface area contributed by atoms with Crippen LogP contribution >= 0.6 is 11.6 Å². The molecule has 0 saturated heterocycles. The van der Waals surface area contributed by atoms with Gasteiger partial charge in [-0.1, -0.05) is 11.6 Å². The van der Waals surface area contributed by atoms with Crippen molar-refractivity contribution in [2.45, 2.75) is 11.8 Å². The minimum Gasteiger partial charge on any atom is -0.478 e. The van der Waals surface area contributed by atoms with Crippen LogP contribution in [0.1, 0.15) is 17.3 Å². The van der Waals surface area contributed by atoms with Crippen LogP contribution in [0, 0.1) is 0 Å². The molecule has 104 valence electrons. The van der Waals surface area contributed by atoms with E-state index in [1.807, 2.05) is 0 Å². The number of aromatic carboxylic acids is 1. The van der Waals surface area contributed by atoms with Crippen LogP contribution in [0.3, 0.4) is 0 Å². The molecule has 0 saturated carbocycles. The van der Waals surface area contributed by atoms with Crippen molar-refractivity contribution in [3.8, 4) is 0 Å². The van der Waals surface area contributed by atoms with E-state index in [0.29, 0.717) is 6.54 Å². The summed E-state index contributed by atoms with van der Waals surface area (Å²) in [4.78, 5) is 21.8. The maximum atomic E-state index is 12.0. The zero-order chi connectivity index (χ0) is 14.6. The maximum absolute atomic E-state index is 12.0. The summed E-state index contributed by atoms with van der Waals surface area (Å²) in [5, 5.41) is 11.0. The predicted molar refractivity (Wildman–Crippen MR) is 69.1 cm³/mol. The molecule has 2 N–H and O–H groups in total. The minimum atomic E-state index is -3.98. The Bertz CT molecular complexity index is 612. The molecule has 0 aromatic heterocycles. The first-order chi connectivity index (χ1) is 8.77. The topological polar surface area (TPSA) is 101 Å². The van der Waals surface area contributed by atoms with Gasteiger partial charge < -0.3 is 10.4 Å². The molecule has 0 spiro atoms. The molecule has 0 aliphatic heterocycles. The third-order valence-electron chi connectivity index (χ3n) is 2.21. The highest BCUT2D eigenvalue weighted by Crippen LogP contribution is 2.23. The third-order valence-corrected chi connectivity index (χ3v) is 4.30.